The zero-order chi connectivity index (χ0) is 17.6. The van der Waals surface area contributed by atoms with Crippen LogP contribution in [0.3, 0.4) is 0 Å². The second kappa shape index (κ2) is 7.34. The minimum atomic E-state index is -0.578. The molecule has 0 fully saturated rings. The highest BCUT2D eigenvalue weighted by Gasteiger charge is 2.07. The maximum absolute atomic E-state index is 13.5. The molecule has 10 heteroatoms. The largest absolute Gasteiger partial charge is 0.336 e. The van der Waals surface area contributed by atoms with Crippen molar-refractivity contribution in [2.45, 2.75) is 6.54 Å². The number of aromatic nitrogens is 5. The average Bonchev–Trinajstić information content (AvgIpc) is 3.13. The number of para-hydroxylation sites is 1. The van der Waals surface area contributed by atoms with Crippen LogP contribution in [0.15, 0.2) is 53.8 Å². The summed E-state index contributed by atoms with van der Waals surface area (Å²) in [6.45, 7) is 0.278. The molecule has 2 amide bonds. The van der Waals surface area contributed by atoms with Crippen molar-refractivity contribution in [1.82, 2.24) is 29.9 Å². The van der Waals surface area contributed by atoms with Gasteiger partial charge in [-0.3, -0.25) is 4.79 Å². The molecule has 2 N–H and O–H groups in total. The number of nitrogens with one attached hydrogen (secondary N) is 2. The van der Waals surface area contributed by atoms with Crippen molar-refractivity contribution in [2.75, 3.05) is 11.9 Å². The van der Waals surface area contributed by atoms with E-state index in [2.05, 4.69) is 25.8 Å². The number of nitrogens with zero attached hydrogens (tertiary/aromatic N) is 5. The molecule has 0 atom stereocenters. The van der Waals surface area contributed by atoms with Gasteiger partial charge in [-0.05, 0) is 18.2 Å². The van der Waals surface area contributed by atoms with Crippen molar-refractivity contribution in [3.63, 3.8) is 0 Å². The Morgan fingerprint density at radius 1 is 1.20 bits per heavy atom. The number of amides is 2. The van der Waals surface area contributed by atoms with Crippen LogP contribution in [0.25, 0.3) is 5.82 Å². The zero-order valence-electron chi connectivity index (χ0n) is 13.0. The van der Waals surface area contributed by atoms with Crippen LogP contribution in [0, 0.1) is 5.82 Å². The second-order valence-electron chi connectivity index (χ2n) is 4.95. The summed E-state index contributed by atoms with van der Waals surface area (Å²) >= 11 is 0. The SMILES string of the molecule is O=C(NCCn1nc(-n2cncn2)ccc1=O)Nc1ccccc1F. The first-order valence-corrected chi connectivity index (χ1v) is 7.36. The van der Waals surface area contributed by atoms with Crippen molar-refractivity contribution in [3.05, 3.63) is 65.2 Å². The molecule has 1 aromatic carbocycles. The topological polar surface area (TPSA) is 107 Å². The smallest absolute Gasteiger partial charge is 0.319 e. The van der Waals surface area contributed by atoms with Gasteiger partial charge < -0.3 is 10.6 Å². The van der Waals surface area contributed by atoms with Gasteiger partial charge in [0.25, 0.3) is 5.56 Å². The molecule has 0 spiro atoms. The van der Waals surface area contributed by atoms with Crippen LogP contribution in [0.5, 0.6) is 0 Å². The van der Waals surface area contributed by atoms with Gasteiger partial charge in [0, 0.05) is 12.6 Å². The van der Waals surface area contributed by atoms with Crippen molar-refractivity contribution >= 4 is 11.7 Å². The lowest BCUT2D eigenvalue weighted by atomic mass is 10.3. The fraction of sp³-hybridized carbons (Fsp3) is 0.133. The minimum Gasteiger partial charge on any atom is -0.336 e. The van der Waals surface area contributed by atoms with Crippen LogP contribution in [-0.4, -0.2) is 37.1 Å². The Morgan fingerprint density at radius 2 is 2.04 bits per heavy atom. The van der Waals surface area contributed by atoms with Crippen LogP contribution in [-0.2, 0) is 6.54 Å². The molecule has 2 heterocycles. The number of benzene rings is 1. The van der Waals surface area contributed by atoms with E-state index < -0.39 is 11.8 Å². The van der Waals surface area contributed by atoms with E-state index in [4.69, 9.17) is 0 Å². The van der Waals surface area contributed by atoms with Gasteiger partial charge in [-0.15, -0.1) is 5.10 Å². The molecule has 0 aliphatic rings. The van der Waals surface area contributed by atoms with Crippen LogP contribution in [0.4, 0.5) is 14.9 Å². The number of carbonyl (C=O) groups excluding carboxylic acids is 1. The molecule has 2 aromatic heterocycles. The summed E-state index contributed by atoms with van der Waals surface area (Å²) in [5.41, 5.74) is -0.247. The minimum absolute atomic E-state index is 0.0727. The zero-order valence-corrected chi connectivity index (χ0v) is 13.0. The standard InChI is InChI=1S/C15H14FN7O2/c16-11-3-1-2-4-12(11)20-15(25)18-7-8-22-14(24)6-5-13(21-22)23-10-17-9-19-23/h1-6,9-10H,7-8H2,(H2,18,20,25). The lowest BCUT2D eigenvalue weighted by Crippen LogP contribution is -2.34. The number of hydrogen-bond donors (Lipinski definition) is 2. The Labute approximate surface area is 141 Å². The molecular weight excluding hydrogens is 329 g/mol. The third-order valence-corrected chi connectivity index (χ3v) is 3.24. The molecule has 0 bridgehead atoms. The highest BCUT2D eigenvalue weighted by Crippen LogP contribution is 2.11. The van der Waals surface area contributed by atoms with Gasteiger partial charge in [0.05, 0.1) is 12.2 Å². The molecule has 3 aromatic rings. The van der Waals surface area contributed by atoms with Crippen LogP contribution >= 0.6 is 0 Å². The maximum atomic E-state index is 13.5. The molecule has 0 saturated heterocycles. The lowest BCUT2D eigenvalue weighted by molar-refractivity contribution is 0.251. The summed E-state index contributed by atoms with van der Waals surface area (Å²) in [6.07, 6.45) is 2.81. The van der Waals surface area contributed by atoms with Gasteiger partial charge in [0.1, 0.15) is 18.5 Å². The second-order valence-corrected chi connectivity index (χ2v) is 4.95. The Morgan fingerprint density at radius 3 is 2.80 bits per heavy atom. The van der Waals surface area contributed by atoms with E-state index in [0.29, 0.717) is 5.82 Å². The monoisotopic (exact) mass is 343 g/mol. The summed E-state index contributed by atoms with van der Waals surface area (Å²) in [5.74, 6) is -0.107. The van der Waals surface area contributed by atoms with Crippen LogP contribution in [0.2, 0.25) is 0 Å². The van der Waals surface area contributed by atoms with Crippen molar-refractivity contribution in [3.8, 4) is 5.82 Å². The van der Waals surface area contributed by atoms with E-state index in [1.54, 1.807) is 6.07 Å². The molecule has 3 rings (SSSR count). The maximum Gasteiger partial charge on any atom is 0.319 e. The number of urea groups is 1. The molecule has 0 unspecified atom stereocenters. The van der Waals surface area contributed by atoms with Gasteiger partial charge in [0.2, 0.25) is 0 Å². The van der Waals surface area contributed by atoms with E-state index in [0.717, 1.165) is 0 Å². The van der Waals surface area contributed by atoms with Gasteiger partial charge in [-0.2, -0.15) is 5.10 Å². The molecule has 128 valence electrons. The quantitative estimate of drug-likeness (QED) is 0.712. The van der Waals surface area contributed by atoms with Crippen LogP contribution in [0.1, 0.15) is 0 Å². The molecule has 0 radical (unpaired) electrons. The normalized spacial score (nSPS) is 10.4. The highest BCUT2D eigenvalue weighted by molar-refractivity contribution is 5.89. The molecule has 25 heavy (non-hydrogen) atoms. The molecule has 9 nitrogen and oxygen atoms in total. The number of carbonyl (C=O) groups is 1. The Hall–Kier alpha value is -3.56. The summed E-state index contributed by atoms with van der Waals surface area (Å²) in [6, 6.07) is 8.12. The Bertz CT molecular complexity index is 924. The van der Waals surface area contributed by atoms with Gasteiger partial charge >= 0.3 is 6.03 Å². The number of anilines is 1. The van der Waals surface area contributed by atoms with Gasteiger partial charge in [0.15, 0.2) is 5.82 Å². The average molecular weight is 343 g/mol. The Kier molecular flexibility index (Phi) is 4.79. The predicted octanol–water partition coefficient (Wildman–Crippen LogP) is 0.785. The van der Waals surface area contributed by atoms with Gasteiger partial charge in [-0.25, -0.2) is 23.5 Å². The first-order valence-electron chi connectivity index (χ1n) is 7.36. The van der Waals surface area contributed by atoms with E-state index in [9.17, 15) is 14.0 Å². The summed E-state index contributed by atoms with van der Waals surface area (Å²) in [7, 11) is 0. The Balaban J connectivity index is 1.58. The number of rotatable bonds is 5. The highest BCUT2D eigenvalue weighted by atomic mass is 19.1. The lowest BCUT2D eigenvalue weighted by Gasteiger charge is -2.09. The third-order valence-electron chi connectivity index (χ3n) is 3.24. The molecule has 0 aliphatic heterocycles. The van der Waals surface area contributed by atoms with Crippen molar-refractivity contribution in [1.29, 1.82) is 0 Å². The van der Waals surface area contributed by atoms with Crippen molar-refractivity contribution in [2.24, 2.45) is 0 Å². The van der Waals surface area contributed by atoms with E-state index in [-0.39, 0.29) is 24.3 Å². The van der Waals surface area contributed by atoms with E-state index in [1.807, 2.05) is 0 Å². The van der Waals surface area contributed by atoms with E-state index >= 15 is 0 Å². The molecule has 0 aliphatic carbocycles. The first kappa shape index (κ1) is 16.3. The van der Waals surface area contributed by atoms with Gasteiger partial charge in [-0.1, -0.05) is 12.1 Å². The number of halogens is 1. The fourth-order valence-electron chi connectivity index (χ4n) is 2.05. The van der Waals surface area contributed by atoms with Crippen molar-refractivity contribution < 1.29 is 9.18 Å². The third kappa shape index (κ3) is 4.05. The predicted molar refractivity (Wildman–Crippen MR) is 86.8 cm³/mol. The first-order chi connectivity index (χ1) is 12.1. The molecule has 0 saturated carbocycles. The number of hydrogen-bond acceptors (Lipinski definition) is 5. The van der Waals surface area contributed by atoms with E-state index in [1.165, 1.54) is 52.4 Å². The summed E-state index contributed by atoms with van der Waals surface area (Å²) in [4.78, 5) is 27.4. The summed E-state index contributed by atoms with van der Waals surface area (Å²) < 4.78 is 16.1. The van der Waals surface area contributed by atoms with Crippen LogP contribution < -0.4 is 16.2 Å². The molecular formula is C15H14FN7O2. The fourth-order valence-corrected chi connectivity index (χ4v) is 2.05. The summed E-state index contributed by atoms with van der Waals surface area (Å²) in [5, 5.41) is 13.0.